The van der Waals surface area contributed by atoms with Crippen LogP contribution < -0.4 is 4.74 Å². The Morgan fingerprint density at radius 1 is 1.20 bits per heavy atom. The van der Waals surface area contributed by atoms with Gasteiger partial charge in [0.1, 0.15) is 5.75 Å². The number of imide groups is 1. The molecule has 0 aromatic heterocycles. The predicted octanol–water partition coefficient (Wildman–Crippen LogP) is 0.0724. The number of urea groups is 1. The van der Waals surface area contributed by atoms with E-state index in [1.54, 1.807) is 24.3 Å². The molecule has 0 fully saturated rings. The summed E-state index contributed by atoms with van der Waals surface area (Å²) in [6.07, 6.45) is 0. The number of fused-ring (bicyclic) bond motifs is 1. The number of amidine groups is 2. The summed E-state index contributed by atoms with van der Waals surface area (Å²) < 4.78 is 11.0. The average molecular weight is 343 g/mol. The zero-order valence-electron chi connectivity index (χ0n) is 13.8. The molecule has 9 heteroatoms. The van der Waals surface area contributed by atoms with Gasteiger partial charge in [-0.1, -0.05) is 4.99 Å². The number of methoxy groups -OCH3 is 1. The molecule has 2 aliphatic rings. The Balaban J connectivity index is 1.84. The first-order valence-electron chi connectivity index (χ1n) is 7.33. The molecule has 2 heterocycles. The zero-order chi connectivity index (χ0) is 18.1. The van der Waals surface area contributed by atoms with Crippen LogP contribution in [0.2, 0.25) is 0 Å². The van der Waals surface area contributed by atoms with Gasteiger partial charge in [-0.05, 0) is 24.3 Å². The number of ether oxygens (including phenoxy) is 2. The number of benzene rings is 1. The highest BCUT2D eigenvalue weighted by Crippen LogP contribution is 2.17. The van der Waals surface area contributed by atoms with Crippen LogP contribution in [0.5, 0.6) is 5.75 Å². The second-order valence-electron chi connectivity index (χ2n) is 5.31. The summed E-state index contributed by atoms with van der Waals surface area (Å²) in [5.74, 6) is 0.0665. The number of hydrogen-bond acceptors (Lipinski definition) is 7. The van der Waals surface area contributed by atoms with Gasteiger partial charge in [0.05, 0.1) is 21.2 Å². The fraction of sp³-hybridized carbons (Fsp3) is 0.250. The van der Waals surface area contributed by atoms with E-state index in [-0.39, 0.29) is 18.2 Å². The number of amides is 3. The third-order valence-corrected chi connectivity index (χ3v) is 3.74. The fourth-order valence-corrected chi connectivity index (χ4v) is 2.30. The van der Waals surface area contributed by atoms with E-state index >= 15 is 0 Å². The van der Waals surface area contributed by atoms with Gasteiger partial charge in [-0.15, -0.1) is 0 Å². The van der Waals surface area contributed by atoms with Crippen LogP contribution in [0, 0.1) is 0 Å². The molecule has 0 N–H and O–H groups in total. The number of esters is 1. The topological polar surface area (TPSA) is 101 Å². The van der Waals surface area contributed by atoms with Crippen molar-refractivity contribution in [1.29, 1.82) is 0 Å². The van der Waals surface area contributed by atoms with E-state index in [2.05, 4.69) is 14.7 Å². The Labute approximate surface area is 142 Å². The summed E-state index contributed by atoms with van der Waals surface area (Å²) in [4.78, 5) is 44.7. The van der Waals surface area contributed by atoms with Crippen molar-refractivity contribution in [1.82, 2.24) is 4.90 Å². The molecule has 0 radical (unpaired) electrons. The van der Waals surface area contributed by atoms with E-state index in [9.17, 15) is 14.4 Å². The number of carbonyl (C=O) groups is 3. The molecule has 25 heavy (non-hydrogen) atoms. The van der Waals surface area contributed by atoms with E-state index < -0.39 is 17.9 Å². The number of aliphatic imine (C=N–C) groups is 2. The summed E-state index contributed by atoms with van der Waals surface area (Å²) in [7, 11) is 4.21. The van der Waals surface area contributed by atoms with Crippen LogP contribution in [0.25, 0.3) is 0 Å². The van der Waals surface area contributed by atoms with Gasteiger partial charge in [0.25, 0.3) is 0 Å². The Morgan fingerprint density at radius 2 is 1.88 bits per heavy atom. The lowest BCUT2D eigenvalue weighted by atomic mass is 10.2. The van der Waals surface area contributed by atoms with E-state index in [1.807, 2.05) is 0 Å². The van der Waals surface area contributed by atoms with Gasteiger partial charge < -0.3 is 9.47 Å². The lowest BCUT2D eigenvalue weighted by Crippen LogP contribution is -2.51. The van der Waals surface area contributed by atoms with Gasteiger partial charge in [0.15, 0.2) is 6.61 Å². The number of nitrogens with zero attached hydrogens (tertiary/aromatic N) is 4. The van der Waals surface area contributed by atoms with Crippen molar-refractivity contribution in [3.8, 4) is 5.75 Å². The minimum atomic E-state index is -0.491. The predicted molar refractivity (Wildman–Crippen MR) is 87.3 cm³/mol. The minimum absolute atomic E-state index is 0.130. The molecule has 3 rings (SSSR count). The normalized spacial score (nSPS) is 16.5. The van der Waals surface area contributed by atoms with Gasteiger partial charge in [-0.25, -0.2) is 14.4 Å². The molecule has 9 nitrogen and oxygen atoms in total. The first-order chi connectivity index (χ1) is 11.9. The molecule has 2 aliphatic heterocycles. The lowest BCUT2D eigenvalue weighted by molar-refractivity contribution is -0.401. The van der Waals surface area contributed by atoms with Crippen LogP contribution in [0.3, 0.4) is 0 Å². The van der Waals surface area contributed by atoms with Crippen molar-refractivity contribution in [2.24, 2.45) is 9.98 Å². The molecule has 128 valence electrons. The Bertz CT molecular complexity index is 867. The Morgan fingerprint density at radius 3 is 2.52 bits per heavy atom. The molecule has 0 saturated heterocycles. The highest BCUT2D eigenvalue weighted by atomic mass is 16.6. The quantitative estimate of drug-likeness (QED) is 0.569. The molecule has 0 aliphatic carbocycles. The van der Waals surface area contributed by atoms with Crippen molar-refractivity contribution in [3.05, 3.63) is 29.8 Å². The molecule has 0 saturated carbocycles. The SMILES string of the molecule is COC(=O)COc1ccc(C2=NC3=[N+](C)C(=O)N(C)C(=O)C3=N2)cc1. The van der Waals surface area contributed by atoms with E-state index in [0.717, 1.165) is 4.90 Å². The van der Waals surface area contributed by atoms with E-state index in [0.29, 0.717) is 17.1 Å². The van der Waals surface area contributed by atoms with Gasteiger partial charge in [-0.2, -0.15) is 14.5 Å². The van der Waals surface area contributed by atoms with Gasteiger partial charge in [0.2, 0.25) is 11.5 Å². The fourth-order valence-electron chi connectivity index (χ4n) is 2.30. The van der Waals surface area contributed by atoms with Crippen LogP contribution in [0.15, 0.2) is 34.3 Å². The standard InChI is InChI=1S/C16H15N4O5/c1-19-14-12(15(22)20(2)16(19)23)17-13(18-14)9-4-6-10(7-5-9)25-8-11(21)24-3/h4-7H,8H2,1-3H3/q+1. The molecule has 0 atom stereocenters. The third-order valence-electron chi connectivity index (χ3n) is 3.74. The number of carbonyl (C=O) groups excluding carboxylic acids is 3. The summed E-state index contributed by atoms with van der Waals surface area (Å²) >= 11 is 0. The second-order valence-corrected chi connectivity index (χ2v) is 5.31. The van der Waals surface area contributed by atoms with Crippen molar-refractivity contribution in [2.45, 2.75) is 0 Å². The van der Waals surface area contributed by atoms with Crippen molar-refractivity contribution < 1.29 is 28.4 Å². The molecule has 0 unspecified atom stereocenters. The largest absolute Gasteiger partial charge is 0.482 e. The summed E-state index contributed by atoms with van der Waals surface area (Å²) in [5.41, 5.74) is 0.779. The average Bonchev–Trinajstić information content (AvgIpc) is 3.08. The van der Waals surface area contributed by atoms with Crippen LogP contribution in [0.1, 0.15) is 5.56 Å². The maximum atomic E-state index is 12.2. The zero-order valence-corrected chi connectivity index (χ0v) is 13.8. The van der Waals surface area contributed by atoms with Crippen LogP contribution in [-0.2, 0) is 14.3 Å². The van der Waals surface area contributed by atoms with E-state index in [1.165, 1.54) is 25.8 Å². The monoisotopic (exact) mass is 343 g/mol. The first kappa shape index (κ1) is 16.5. The maximum absolute atomic E-state index is 12.2. The number of rotatable bonds is 4. The Kier molecular flexibility index (Phi) is 4.14. The Hall–Kier alpha value is -3.36. The number of hydrogen-bond donors (Lipinski definition) is 0. The molecule has 3 amide bonds. The molecular formula is C16H15N4O5+. The summed E-state index contributed by atoms with van der Waals surface area (Å²) in [6, 6.07) is 6.23. The van der Waals surface area contributed by atoms with Gasteiger partial charge >= 0.3 is 23.7 Å². The van der Waals surface area contributed by atoms with Crippen molar-refractivity contribution in [3.63, 3.8) is 0 Å². The van der Waals surface area contributed by atoms with Gasteiger partial charge in [0, 0.05) is 5.56 Å². The van der Waals surface area contributed by atoms with Crippen LogP contribution in [0.4, 0.5) is 4.79 Å². The molecular weight excluding hydrogens is 328 g/mol. The van der Waals surface area contributed by atoms with E-state index in [4.69, 9.17) is 4.74 Å². The minimum Gasteiger partial charge on any atom is -0.482 e. The maximum Gasteiger partial charge on any atom is 0.446 e. The highest BCUT2D eigenvalue weighted by Gasteiger charge is 2.44. The van der Waals surface area contributed by atoms with Crippen molar-refractivity contribution >= 4 is 35.3 Å². The molecule has 1 aromatic carbocycles. The van der Waals surface area contributed by atoms with Crippen LogP contribution >= 0.6 is 0 Å². The molecule has 1 aromatic rings. The second kappa shape index (κ2) is 6.27. The van der Waals surface area contributed by atoms with Gasteiger partial charge in [-0.3, -0.25) is 0 Å². The van der Waals surface area contributed by atoms with Crippen molar-refractivity contribution in [2.75, 3.05) is 27.8 Å². The lowest BCUT2D eigenvalue weighted by Gasteiger charge is -2.15. The van der Waals surface area contributed by atoms with Crippen LogP contribution in [-0.4, -0.2) is 72.6 Å². The summed E-state index contributed by atoms with van der Waals surface area (Å²) in [5, 5.41) is 0. The smallest absolute Gasteiger partial charge is 0.446 e. The first-order valence-corrected chi connectivity index (χ1v) is 7.33. The molecule has 0 spiro atoms. The third kappa shape index (κ3) is 2.91. The summed E-state index contributed by atoms with van der Waals surface area (Å²) in [6.45, 7) is -0.190. The molecule has 0 bridgehead atoms. The highest BCUT2D eigenvalue weighted by molar-refractivity contribution is 6.70.